The Morgan fingerprint density at radius 2 is 0.482 bits per heavy atom. The van der Waals surface area contributed by atoms with E-state index in [1.807, 2.05) is 72.8 Å². The fourth-order valence-corrected chi connectivity index (χ4v) is 6.60. The maximum atomic E-state index is 6.45. The normalized spacial score (nSPS) is 10.8. The Balaban J connectivity index is 1.15. The fraction of sp³-hybridized carbons (Fsp3) is 0.250. The molecule has 0 bridgehead atoms. The quantitative estimate of drug-likeness (QED) is 0.0809. The summed E-state index contributed by atoms with van der Waals surface area (Å²) in [5.74, 6) is 7.36. The van der Waals surface area contributed by atoms with Crippen LogP contribution in [0.2, 0.25) is 0 Å². The highest BCUT2D eigenvalue weighted by Gasteiger charge is 2.12. The molecule has 0 aliphatic carbocycles. The van der Waals surface area contributed by atoms with Crippen LogP contribution in [0.4, 0.5) is 0 Å². The molecule has 0 aliphatic rings. The van der Waals surface area contributed by atoms with E-state index < -0.39 is 0 Å². The van der Waals surface area contributed by atoms with Crippen molar-refractivity contribution in [2.24, 2.45) is 0 Å². The molecule has 56 heavy (non-hydrogen) atoms. The smallest absolute Gasteiger partial charge is 0.131 e. The summed E-state index contributed by atoms with van der Waals surface area (Å²) in [5.41, 5.74) is 6.76. The van der Waals surface area contributed by atoms with E-state index in [2.05, 4.69) is 48.5 Å². The van der Waals surface area contributed by atoms with Gasteiger partial charge in [-0.15, -0.1) is 0 Å². The van der Waals surface area contributed by atoms with Crippen LogP contribution in [0.15, 0.2) is 121 Å². The van der Waals surface area contributed by atoms with Crippen molar-refractivity contribution < 1.29 is 37.9 Å². The minimum Gasteiger partial charge on any atom is -0.497 e. The van der Waals surface area contributed by atoms with Gasteiger partial charge in [0.05, 0.1) is 42.7 Å². The third-order valence-electron chi connectivity index (χ3n) is 9.55. The molecule has 0 radical (unpaired) electrons. The molecule has 0 fully saturated rings. The largest absolute Gasteiger partial charge is 0.497 e. The van der Waals surface area contributed by atoms with Crippen molar-refractivity contribution in [2.75, 3.05) is 42.7 Å². The van der Waals surface area contributed by atoms with E-state index in [0.29, 0.717) is 34.5 Å². The number of rotatable bonds is 19. The van der Waals surface area contributed by atoms with Gasteiger partial charge < -0.3 is 37.9 Å². The molecule has 0 atom stereocenters. The van der Waals surface area contributed by atoms with Crippen molar-refractivity contribution in [1.29, 1.82) is 0 Å². The SMILES string of the molecule is COc1cccc(CCc2cc(OC)cc(Oc3cc(CCc4cc(OC)cc(Oc5cc(CCc6cccc(OC)c6)cc(OC)c5)c4)cc(OC)c3)c2)c1. The molecule has 0 spiro atoms. The van der Waals surface area contributed by atoms with Crippen LogP contribution in [0, 0.1) is 0 Å². The number of hydrogen-bond donors (Lipinski definition) is 0. The molecule has 8 nitrogen and oxygen atoms in total. The monoisotopic (exact) mass is 754 g/mol. The predicted molar refractivity (Wildman–Crippen MR) is 220 cm³/mol. The summed E-state index contributed by atoms with van der Waals surface area (Å²) in [6.07, 6.45) is 4.82. The molecule has 0 saturated carbocycles. The Kier molecular flexibility index (Phi) is 13.6. The van der Waals surface area contributed by atoms with Crippen molar-refractivity contribution in [3.63, 3.8) is 0 Å². The van der Waals surface area contributed by atoms with E-state index in [1.165, 1.54) is 11.1 Å². The first-order chi connectivity index (χ1) is 27.3. The standard InChI is InChI=1S/C48H50O8/c1-49-39-11-7-9-33(19-39)13-15-35-21-41(51-3)29-45(25-35)55-47-27-37(23-43(31-47)53-5)17-18-38-24-44(54-6)32-48(28-38)56-46-26-36(22-42(30-46)52-4)16-14-34-10-8-12-40(20-34)50-2/h7-12,19-32H,13-18H2,1-6H3. The van der Waals surface area contributed by atoms with Gasteiger partial charge in [0.15, 0.2) is 0 Å². The number of aryl methyl sites for hydroxylation is 6. The summed E-state index contributed by atoms with van der Waals surface area (Å²) in [7, 11) is 10.0. The lowest BCUT2D eigenvalue weighted by atomic mass is 10.0. The molecule has 6 aromatic carbocycles. The topological polar surface area (TPSA) is 73.8 Å². The van der Waals surface area contributed by atoms with Gasteiger partial charge in [-0.25, -0.2) is 0 Å². The van der Waals surface area contributed by atoms with E-state index in [-0.39, 0.29) is 0 Å². The second-order valence-electron chi connectivity index (χ2n) is 13.5. The van der Waals surface area contributed by atoms with E-state index in [1.54, 1.807) is 42.7 Å². The van der Waals surface area contributed by atoms with Gasteiger partial charge in [0.25, 0.3) is 0 Å². The molecule has 0 aromatic heterocycles. The van der Waals surface area contributed by atoms with Crippen LogP contribution in [0.3, 0.4) is 0 Å². The van der Waals surface area contributed by atoms with Gasteiger partial charge in [0.2, 0.25) is 0 Å². The molecular formula is C48H50O8. The van der Waals surface area contributed by atoms with Gasteiger partial charge in [0, 0.05) is 24.3 Å². The predicted octanol–water partition coefficient (Wildman–Crippen LogP) is 10.7. The summed E-state index contributed by atoms with van der Waals surface area (Å²) in [6, 6.07) is 40.3. The van der Waals surface area contributed by atoms with Gasteiger partial charge in [-0.3, -0.25) is 0 Å². The van der Waals surface area contributed by atoms with E-state index in [9.17, 15) is 0 Å². The summed E-state index contributed by atoms with van der Waals surface area (Å²) in [5, 5.41) is 0. The lowest BCUT2D eigenvalue weighted by Crippen LogP contribution is -1.98. The highest BCUT2D eigenvalue weighted by molar-refractivity contribution is 5.47. The lowest BCUT2D eigenvalue weighted by Gasteiger charge is -2.14. The van der Waals surface area contributed by atoms with Crippen LogP contribution < -0.4 is 37.9 Å². The first-order valence-corrected chi connectivity index (χ1v) is 18.7. The molecule has 0 N–H and O–H groups in total. The van der Waals surface area contributed by atoms with Crippen LogP contribution in [0.5, 0.6) is 57.5 Å². The Morgan fingerprint density at radius 3 is 0.750 bits per heavy atom. The molecule has 8 heteroatoms. The van der Waals surface area contributed by atoms with Crippen molar-refractivity contribution in [3.8, 4) is 57.5 Å². The van der Waals surface area contributed by atoms with Crippen LogP contribution in [0.1, 0.15) is 33.4 Å². The van der Waals surface area contributed by atoms with Crippen LogP contribution in [-0.2, 0) is 38.5 Å². The maximum absolute atomic E-state index is 6.45. The van der Waals surface area contributed by atoms with Gasteiger partial charge in [-0.2, -0.15) is 0 Å². The third kappa shape index (κ3) is 11.1. The molecular weight excluding hydrogens is 705 g/mol. The molecule has 0 amide bonds. The van der Waals surface area contributed by atoms with Gasteiger partial charge in [-0.05, 0) is 145 Å². The van der Waals surface area contributed by atoms with Gasteiger partial charge in [0.1, 0.15) is 57.5 Å². The van der Waals surface area contributed by atoms with Crippen LogP contribution in [0.25, 0.3) is 0 Å². The van der Waals surface area contributed by atoms with E-state index >= 15 is 0 Å². The maximum Gasteiger partial charge on any atom is 0.131 e. The molecule has 0 saturated heterocycles. The zero-order valence-corrected chi connectivity index (χ0v) is 33.1. The second-order valence-corrected chi connectivity index (χ2v) is 13.5. The zero-order chi connectivity index (χ0) is 39.3. The van der Waals surface area contributed by atoms with Gasteiger partial charge >= 0.3 is 0 Å². The number of hydrogen-bond acceptors (Lipinski definition) is 8. The molecule has 290 valence electrons. The average Bonchev–Trinajstić information content (AvgIpc) is 3.23. The first kappa shape index (κ1) is 39.4. The fourth-order valence-electron chi connectivity index (χ4n) is 6.60. The zero-order valence-electron chi connectivity index (χ0n) is 33.1. The third-order valence-corrected chi connectivity index (χ3v) is 9.55. The molecule has 0 unspecified atom stereocenters. The number of ether oxygens (including phenoxy) is 8. The molecule has 0 aliphatic heterocycles. The van der Waals surface area contributed by atoms with Crippen molar-refractivity contribution >= 4 is 0 Å². The number of methoxy groups -OCH3 is 6. The first-order valence-electron chi connectivity index (χ1n) is 18.7. The number of benzene rings is 6. The Bertz CT molecular complexity index is 2050. The van der Waals surface area contributed by atoms with E-state index in [0.717, 1.165) is 83.8 Å². The van der Waals surface area contributed by atoms with Crippen LogP contribution in [-0.4, -0.2) is 42.7 Å². The minimum atomic E-state index is 0.682. The minimum absolute atomic E-state index is 0.682. The Morgan fingerprint density at radius 1 is 0.250 bits per heavy atom. The Hall–Kier alpha value is -6.28. The molecule has 6 rings (SSSR count). The van der Waals surface area contributed by atoms with E-state index in [4.69, 9.17) is 37.9 Å². The second kappa shape index (κ2) is 19.4. The van der Waals surface area contributed by atoms with Crippen molar-refractivity contribution in [1.82, 2.24) is 0 Å². The summed E-state index contributed by atoms with van der Waals surface area (Å²) < 4.78 is 46.4. The summed E-state index contributed by atoms with van der Waals surface area (Å²) in [6.45, 7) is 0. The van der Waals surface area contributed by atoms with Crippen LogP contribution >= 0.6 is 0 Å². The average molecular weight is 755 g/mol. The lowest BCUT2D eigenvalue weighted by molar-refractivity contribution is 0.402. The Labute approximate surface area is 330 Å². The van der Waals surface area contributed by atoms with Gasteiger partial charge in [-0.1, -0.05) is 24.3 Å². The summed E-state index contributed by atoms with van der Waals surface area (Å²) >= 11 is 0. The van der Waals surface area contributed by atoms with Crippen molar-refractivity contribution in [2.45, 2.75) is 38.5 Å². The highest BCUT2D eigenvalue weighted by atomic mass is 16.5. The summed E-state index contributed by atoms with van der Waals surface area (Å²) in [4.78, 5) is 0. The molecule has 6 aromatic rings. The highest BCUT2D eigenvalue weighted by Crippen LogP contribution is 2.34. The van der Waals surface area contributed by atoms with Crippen molar-refractivity contribution in [3.05, 3.63) is 155 Å². The molecule has 0 heterocycles.